The summed E-state index contributed by atoms with van der Waals surface area (Å²) < 4.78 is 1.80. The van der Waals surface area contributed by atoms with E-state index in [9.17, 15) is 9.90 Å². The number of aromatic nitrogens is 5. The van der Waals surface area contributed by atoms with Crippen molar-refractivity contribution in [1.82, 2.24) is 29.9 Å². The highest BCUT2D eigenvalue weighted by molar-refractivity contribution is 5.93. The predicted octanol–water partition coefficient (Wildman–Crippen LogP) is 1.14. The van der Waals surface area contributed by atoms with Gasteiger partial charge < -0.3 is 14.9 Å². The predicted molar refractivity (Wildman–Crippen MR) is 109 cm³/mol. The number of hydrogen-bond donors (Lipinski definition) is 1. The zero-order chi connectivity index (χ0) is 20.9. The summed E-state index contributed by atoms with van der Waals surface area (Å²) in [6, 6.07) is 5.78. The number of anilines is 1. The van der Waals surface area contributed by atoms with Crippen molar-refractivity contribution < 1.29 is 9.90 Å². The number of hydrogen-bond acceptors (Lipinski definition) is 7. The third kappa shape index (κ3) is 3.30. The maximum absolute atomic E-state index is 12.6. The van der Waals surface area contributed by atoms with Crippen LogP contribution in [-0.4, -0.2) is 66.1 Å². The fraction of sp³-hybridized carbons (Fsp3) is 0.381. The number of aryl methyl sites for hydroxylation is 1. The summed E-state index contributed by atoms with van der Waals surface area (Å²) in [6.07, 6.45) is 6.31. The lowest BCUT2D eigenvalue weighted by atomic mass is 9.96. The van der Waals surface area contributed by atoms with Gasteiger partial charge in [-0.05, 0) is 43.2 Å². The standard InChI is InChI=1S/C21H23N7O2/c1-14-8-18(20(29)27-12-21(2,30)13-27)24-25-19(14)26-7-4-17-15(11-26)9-16(10-22-17)28-6-3-5-23-28/h3,5-6,8-10,30H,4,7,11-13H2,1-2H3. The van der Waals surface area contributed by atoms with Crippen LogP contribution in [0.25, 0.3) is 5.69 Å². The Bertz CT molecular complexity index is 1100. The van der Waals surface area contributed by atoms with Gasteiger partial charge >= 0.3 is 0 Å². The molecule has 0 spiro atoms. The quantitative estimate of drug-likeness (QED) is 0.697. The molecule has 9 heteroatoms. The highest BCUT2D eigenvalue weighted by Gasteiger charge is 2.40. The molecule has 0 aromatic carbocycles. The minimum absolute atomic E-state index is 0.194. The molecule has 9 nitrogen and oxygen atoms in total. The molecule has 0 unspecified atom stereocenters. The molecule has 2 aliphatic heterocycles. The lowest BCUT2D eigenvalue weighted by Crippen LogP contribution is -2.61. The van der Waals surface area contributed by atoms with Gasteiger partial charge in [0.15, 0.2) is 11.5 Å². The van der Waals surface area contributed by atoms with Crippen molar-refractivity contribution in [2.75, 3.05) is 24.5 Å². The summed E-state index contributed by atoms with van der Waals surface area (Å²) in [5.41, 5.74) is 3.56. The van der Waals surface area contributed by atoms with Crippen molar-refractivity contribution in [1.29, 1.82) is 0 Å². The number of carbonyl (C=O) groups excluding carboxylic acids is 1. The van der Waals surface area contributed by atoms with Gasteiger partial charge in [-0.1, -0.05) is 0 Å². The van der Waals surface area contributed by atoms with Crippen molar-refractivity contribution >= 4 is 11.7 Å². The molecule has 5 heterocycles. The second-order valence-corrected chi connectivity index (χ2v) is 8.32. The Kier molecular flexibility index (Phi) is 4.28. The summed E-state index contributed by atoms with van der Waals surface area (Å²) in [7, 11) is 0. The molecule has 0 atom stereocenters. The van der Waals surface area contributed by atoms with Crippen LogP contribution in [0.2, 0.25) is 0 Å². The van der Waals surface area contributed by atoms with E-state index in [2.05, 4.69) is 31.2 Å². The molecule has 3 aromatic rings. The molecule has 154 valence electrons. The van der Waals surface area contributed by atoms with E-state index in [1.807, 2.05) is 25.4 Å². The van der Waals surface area contributed by atoms with Crippen LogP contribution >= 0.6 is 0 Å². The molecule has 5 rings (SSSR count). The number of likely N-dealkylation sites (tertiary alicyclic amines) is 1. The van der Waals surface area contributed by atoms with Crippen molar-refractivity contribution in [3.05, 3.63) is 59.3 Å². The Morgan fingerprint density at radius 2 is 2.07 bits per heavy atom. The summed E-state index contributed by atoms with van der Waals surface area (Å²) in [5.74, 6) is 0.582. The lowest BCUT2D eigenvalue weighted by molar-refractivity contribution is -0.0671. The van der Waals surface area contributed by atoms with Crippen molar-refractivity contribution in [2.24, 2.45) is 0 Å². The van der Waals surface area contributed by atoms with Gasteiger partial charge in [0.2, 0.25) is 0 Å². The van der Waals surface area contributed by atoms with Gasteiger partial charge in [-0.15, -0.1) is 10.2 Å². The normalized spacial score (nSPS) is 17.4. The number of β-amino-alcohol motifs (C(OH)–C–C–N with tert-alkyl or cyclic N) is 1. The fourth-order valence-corrected chi connectivity index (χ4v) is 4.12. The number of pyridine rings is 1. The Hall–Kier alpha value is -3.33. The first-order chi connectivity index (χ1) is 14.4. The van der Waals surface area contributed by atoms with E-state index in [1.165, 1.54) is 0 Å². The maximum atomic E-state index is 12.6. The van der Waals surface area contributed by atoms with E-state index in [4.69, 9.17) is 0 Å². The van der Waals surface area contributed by atoms with Crippen LogP contribution in [0.15, 0.2) is 36.8 Å². The molecule has 3 aromatic heterocycles. The molecule has 1 saturated heterocycles. The van der Waals surface area contributed by atoms with Crippen molar-refractivity contribution in [3.8, 4) is 5.69 Å². The van der Waals surface area contributed by atoms with Crippen LogP contribution < -0.4 is 4.90 Å². The Balaban J connectivity index is 1.35. The molecule has 1 amide bonds. The molecule has 30 heavy (non-hydrogen) atoms. The van der Waals surface area contributed by atoms with Gasteiger partial charge in [0.1, 0.15) is 0 Å². The molecule has 2 aliphatic rings. The van der Waals surface area contributed by atoms with Gasteiger partial charge in [-0.2, -0.15) is 5.10 Å². The number of fused-ring (bicyclic) bond motifs is 1. The van der Waals surface area contributed by atoms with E-state index in [1.54, 1.807) is 28.8 Å². The number of carbonyl (C=O) groups is 1. The van der Waals surface area contributed by atoms with E-state index in [-0.39, 0.29) is 5.91 Å². The van der Waals surface area contributed by atoms with Gasteiger partial charge in [0.25, 0.3) is 5.91 Å². The lowest BCUT2D eigenvalue weighted by Gasteiger charge is -2.43. The molecule has 0 aliphatic carbocycles. The fourth-order valence-electron chi connectivity index (χ4n) is 4.12. The van der Waals surface area contributed by atoms with Gasteiger partial charge in [0.05, 0.1) is 30.6 Å². The third-order valence-electron chi connectivity index (χ3n) is 5.62. The summed E-state index contributed by atoms with van der Waals surface area (Å²) in [4.78, 5) is 20.9. The monoisotopic (exact) mass is 405 g/mol. The smallest absolute Gasteiger partial charge is 0.274 e. The van der Waals surface area contributed by atoms with E-state index in [0.717, 1.165) is 41.3 Å². The minimum Gasteiger partial charge on any atom is -0.386 e. The second-order valence-electron chi connectivity index (χ2n) is 8.32. The van der Waals surface area contributed by atoms with E-state index >= 15 is 0 Å². The van der Waals surface area contributed by atoms with E-state index < -0.39 is 5.60 Å². The first-order valence-corrected chi connectivity index (χ1v) is 9.98. The van der Waals surface area contributed by atoms with Crippen LogP contribution in [0, 0.1) is 6.92 Å². The summed E-state index contributed by atoms with van der Waals surface area (Å²) in [5, 5.41) is 22.7. The minimum atomic E-state index is -0.803. The Morgan fingerprint density at radius 1 is 1.23 bits per heavy atom. The highest BCUT2D eigenvalue weighted by Crippen LogP contribution is 2.27. The molecular formula is C21H23N7O2. The first-order valence-electron chi connectivity index (χ1n) is 9.98. The second kappa shape index (κ2) is 6.88. The SMILES string of the molecule is Cc1cc(C(=O)N2CC(C)(O)C2)nnc1N1CCc2ncc(-n3cccn3)cc2C1. The van der Waals surface area contributed by atoms with Gasteiger partial charge in [-0.3, -0.25) is 9.78 Å². The van der Waals surface area contributed by atoms with Crippen LogP contribution in [0.3, 0.4) is 0 Å². The zero-order valence-corrected chi connectivity index (χ0v) is 17.0. The van der Waals surface area contributed by atoms with E-state index in [0.29, 0.717) is 25.3 Å². The van der Waals surface area contributed by atoms with Gasteiger partial charge in [0, 0.05) is 37.6 Å². The highest BCUT2D eigenvalue weighted by atomic mass is 16.3. The average molecular weight is 405 g/mol. The van der Waals surface area contributed by atoms with Crippen molar-refractivity contribution in [2.45, 2.75) is 32.4 Å². The number of rotatable bonds is 3. The Morgan fingerprint density at radius 3 is 2.77 bits per heavy atom. The largest absolute Gasteiger partial charge is 0.386 e. The molecule has 1 fully saturated rings. The number of aliphatic hydroxyl groups is 1. The number of nitrogens with zero attached hydrogens (tertiary/aromatic N) is 7. The molecule has 0 bridgehead atoms. The first kappa shape index (κ1) is 18.7. The van der Waals surface area contributed by atoms with Crippen LogP contribution in [0.1, 0.15) is 34.2 Å². The molecule has 0 radical (unpaired) electrons. The topological polar surface area (TPSA) is 100 Å². The van der Waals surface area contributed by atoms with Gasteiger partial charge in [-0.25, -0.2) is 4.68 Å². The molecular weight excluding hydrogens is 382 g/mol. The third-order valence-corrected chi connectivity index (χ3v) is 5.62. The van der Waals surface area contributed by atoms with Crippen LogP contribution in [0.4, 0.5) is 5.82 Å². The Labute approximate surface area is 174 Å². The van der Waals surface area contributed by atoms with Crippen LogP contribution in [0.5, 0.6) is 0 Å². The zero-order valence-electron chi connectivity index (χ0n) is 17.0. The maximum Gasteiger partial charge on any atom is 0.274 e. The summed E-state index contributed by atoms with van der Waals surface area (Å²) >= 11 is 0. The van der Waals surface area contributed by atoms with Crippen molar-refractivity contribution in [3.63, 3.8) is 0 Å². The van der Waals surface area contributed by atoms with Crippen LogP contribution in [-0.2, 0) is 13.0 Å². The average Bonchev–Trinajstić information content (AvgIpc) is 3.25. The summed E-state index contributed by atoms with van der Waals surface area (Å²) in [6.45, 7) is 5.78. The molecule has 0 saturated carbocycles. The molecule has 1 N–H and O–H groups in total. The number of amides is 1.